The molecule has 7 nitrogen and oxygen atoms in total. The molecule has 0 bridgehead atoms. The molecule has 0 spiro atoms. The van der Waals surface area contributed by atoms with Crippen molar-refractivity contribution in [2.24, 2.45) is 10.8 Å². The molecule has 2 aliphatic rings. The van der Waals surface area contributed by atoms with Crippen LogP contribution in [0.2, 0.25) is 0 Å². The van der Waals surface area contributed by atoms with Gasteiger partial charge >= 0.3 is 6.09 Å². The third-order valence-electron chi connectivity index (χ3n) is 11.0. The van der Waals surface area contributed by atoms with Gasteiger partial charge in [0.1, 0.15) is 6.04 Å². The lowest BCUT2D eigenvalue weighted by Crippen LogP contribution is -2.66. The largest absolute Gasteiger partial charge is 0.453 e. The second kappa shape index (κ2) is 11.3. The topological polar surface area (TPSA) is 66.0 Å². The molecule has 1 aliphatic carbocycles. The Labute approximate surface area is 253 Å². The Balaban J connectivity index is 1.80. The van der Waals surface area contributed by atoms with Gasteiger partial charge in [-0.05, 0) is 86.1 Å². The van der Waals surface area contributed by atoms with E-state index >= 15 is 0 Å². The first-order valence-electron chi connectivity index (χ1n) is 15.3. The van der Waals surface area contributed by atoms with E-state index < -0.39 is 17.7 Å². The monoisotopic (exact) mass is 576 g/mol. The molecule has 7 heteroatoms. The van der Waals surface area contributed by atoms with Gasteiger partial charge in [-0.2, -0.15) is 0 Å². The molecule has 4 rings (SSSR count). The maximum absolute atomic E-state index is 14.5. The van der Waals surface area contributed by atoms with Gasteiger partial charge in [0.05, 0.1) is 18.8 Å². The molecule has 0 N–H and O–H groups in total. The number of hydrogen-bond acceptors (Lipinski definition) is 5. The van der Waals surface area contributed by atoms with Crippen LogP contribution in [0.15, 0.2) is 24.4 Å². The number of ether oxygens (including phenoxy) is 1. The summed E-state index contributed by atoms with van der Waals surface area (Å²) < 4.78 is 5.20. The van der Waals surface area contributed by atoms with E-state index in [1.807, 2.05) is 18.1 Å². The van der Waals surface area contributed by atoms with Gasteiger partial charge in [-0.15, -0.1) is 0 Å². The highest BCUT2D eigenvalue weighted by molar-refractivity contribution is 5.86. The van der Waals surface area contributed by atoms with Crippen LogP contribution in [0.1, 0.15) is 93.6 Å². The van der Waals surface area contributed by atoms with Crippen LogP contribution < -0.4 is 0 Å². The van der Waals surface area contributed by atoms with Crippen LogP contribution in [0.25, 0.3) is 0 Å². The Kier molecular flexibility index (Phi) is 8.60. The summed E-state index contributed by atoms with van der Waals surface area (Å²) in [5.74, 6) is -0.0704. The van der Waals surface area contributed by atoms with Crippen molar-refractivity contribution in [3.63, 3.8) is 0 Å². The van der Waals surface area contributed by atoms with Crippen LogP contribution in [-0.2, 0) is 22.4 Å². The molecule has 1 aromatic heterocycles. The van der Waals surface area contributed by atoms with E-state index in [0.717, 1.165) is 24.1 Å². The molecule has 0 radical (unpaired) electrons. The average Bonchev–Trinajstić information content (AvgIpc) is 3.07. The molecule has 1 unspecified atom stereocenters. The SMILES string of the molecule is COC(=O)N1CCN(C2c3ncc(C)cc3CCc3cc(C)cc(C)c32)C[C@@H]1C(=O)N(C)C(C)(C)C(C)(C)C(C)(C)C. The van der Waals surface area contributed by atoms with Gasteiger partial charge in [0.25, 0.3) is 0 Å². The van der Waals surface area contributed by atoms with E-state index in [1.165, 1.54) is 34.9 Å². The standard InChI is InChI=1S/C35H52N4O3/c1-22-17-24(3)28-25(18-22)13-14-26-19-23(2)20-36-29(26)30(28)38-15-16-39(32(41)42-12)27(21-38)31(40)37(11)35(9,10)34(7,8)33(4,5)6/h17-20,27,30H,13-16,21H2,1-12H3/t27-,30?/m1/s1. The van der Waals surface area contributed by atoms with Gasteiger partial charge in [-0.25, -0.2) is 4.79 Å². The molecule has 2 atom stereocenters. The molecule has 230 valence electrons. The van der Waals surface area contributed by atoms with E-state index in [1.54, 1.807) is 4.90 Å². The lowest BCUT2D eigenvalue weighted by Gasteiger charge is -2.55. The first kappa shape index (κ1) is 32.0. The Bertz CT molecular complexity index is 1360. The summed E-state index contributed by atoms with van der Waals surface area (Å²) in [6, 6.07) is 6.05. The second-order valence-electron chi connectivity index (χ2n) is 14.6. The van der Waals surface area contributed by atoms with Crippen LogP contribution in [0.3, 0.4) is 0 Å². The highest BCUT2D eigenvalue weighted by atomic mass is 16.5. The van der Waals surface area contributed by atoms with Crippen molar-refractivity contribution in [2.75, 3.05) is 33.8 Å². The number of benzene rings is 1. The number of amides is 2. The second-order valence-corrected chi connectivity index (χ2v) is 14.6. The molecular formula is C35H52N4O3. The minimum absolute atomic E-state index is 0.0566. The fraction of sp³-hybridized carbons (Fsp3) is 0.629. The quantitative estimate of drug-likeness (QED) is 0.430. The molecule has 1 aliphatic heterocycles. The number of carbonyl (C=O) groups excluding carboxylic acids is 2. The van der Waals surface area contributed by atoms with Crippen LogP contribution >= 0.6 is 0 Å². The number of hydrogen-bond donors (Lipinski definition) is 0. The van der Waals surface area contributed by atoms with Crippen LogP contribution in [0.5, 0.6) is 0 Å². The molecule has 0 saturated carbocycles. The van der Waals surface area contributed by atoms with Gasteiger partial charge in [-0.1, -0.05) is 58.4 Å². The van der Waals surface area contributed by atoms with Crippen LogP contribution in [0.4, 0.5) is 4.79 Å². The van der Waals surface area contributed by atoms with Crippen molar-refractivity contribution in [1.82, 2.24) is 19.7 Å². The van der Waals surface area contributed by atoms with Crippen LogP contribution in [0, 0.1) is 31.6 Å². The summed E-state index contributed by atoms with van der Waals surface area (Å²) >= 11 is 0. The summed E-state index contributed by atoms with van der Waals surface area (Å²) in [7, 11) is 3.28. The van der Waals surface area contributed by atoms with E-state index in [4.69, 9.17) is 9.72 Å². The van der Waals surface area contributed by atoms with E-state index in [-0.39, 0.29) is 22.8 Å². The summed E-state index contributed by atoms with van der Waals surface area (Å²) in [6.07, 6.45) is 3.38. The molecule has 2 heterocycles. The van der Waals surface area contributed by atoms with Gasteiger partial charge in [0, 0.05) is 38.4 Å². The maximum atomic E-state index is 14.5. The molecule has 1 aromatic carbocycles. The average molecular weight is 577 g/mol. The van der Waals surface area contributed by atoms with E-state index in [0.29, 0.717) is 19.6 Å². The smallest absolute Gasteiger partial charge is 0.410 e. The van der Waals surface area contributed by atoms with Crippen molar-refractivity contribution < 1.29 is 14.3 Å². The fourth-order valence-electron chi connectivity index (χ4n) is 6.93. The van der Waals surface area contributed by atoms with Gasteiger partial charge in [0.15, 0.2) is 0 Å². The van der Waals surface area contributed by atoms with E-state index in [2.05, 4.69) is 92.3 Å². The molecule has 2 aromatic rings. The third-order valence-corrected chi connectivity index (χ3v) is 11.0. The molecule has 1 saturated heterocycles. The summed E-state index contributed by atoms with van der Waals surface area (Å²) in [4.78, 5) is 38.5. The van der Waals surface area contributed by atoms with Crippen molar-refractivity contribution in [2.45, 2.75) is 99.7 Å². The highest BCUT2D eigenvalue weighted by Crippen LogP contribution is 2.49. The number of likely N-dealkylation sites (N-methyl/N-ethyl adjacent to an activating group) is 1. The van der Waals surface area contributed by atoms with Gasteiger partial charge in [-0.3, -0.25) is 19.6 Å². The van der Waals surface area contributed by atoms with Crippen molar-refractivity contribution in [1.29, 1.82) is 0 Å². The minimum atomic E-state index is -0.683. The predicted octanol–water partition coefficient (Wildman–Crippen LogP) is 6.26. The highest BCUT2D eigenvalue weighted by Gasteiger charge is 2.51. The Morgan fingerprint density at radius 3 is 2.17 bits per heavy atom. The zero-order valence-corrected chi connectivity index (χ0v) is 28.0. The number of rotatable bonds is 4. The molecular weight excluding hydrogens is 524 g/mol. The van der Waals surface area contributed by atoms with Crippen molar-refractivity contribution >= 4 is 12.0 Å². The Morgan fingerprint density at radius 2 is 1.55 bits per heavy atom. The lowest BCUT2D eigenvalue weighted by atomic mass is 9.59. The van der Waals surface area contributed by atoms with Gasteiger partial charge in [0.2, 0.25) is 5.91 Å². The first-order valence-corrected chi connectivity index (χ1v) is 15.3. The summed E-state index contributed by atoms with van der Waals surface area (Å²) in [5, 5.41) is 0. The molecule has 1 fully saturated rings. The fourth-order valence-corrected chi connectivity index (χ4v) is 6.93. The van der Waals surface area contributed by atoms with Gasteiger partial charge < -0.3 is 9.64 Å². The number of fused-ring (bicyclic) bond motifs is 2. The lowest BCUT2D eigenvalue weighted by molar-refractivity contribution is -0.151. The number of aryl methyl sites for hydroxylation is 5. The Morgan fingerprint density at radius 1 is 0.929 bits per heavy atom. The summed E-state index contributed by atoms with van der Waals surface area (Å²) in [6.45, 7) is 23.2. The third kappa shape index (κ3) is 5.45. The Hall–Kier alpha value is -2.93. The van der Waals surface area contributed by atoms with Crippen molar-refractivity contribution in [3.05, 3.63) is 63.5 Å². The first-order chi connectivity index (χ1) is 19.4. The number of aromatic nitrogens is 1. The van der Waals surface area contributed by atoms with Crippen LogP contribution in [-0.4, -0.2) is 77.1 Å². The molecule has 2 amide bonds. The van der Waals surface area contributed by atoms with E-state index in [9.17, 15) is 9.59 Å². The number of piperazine rings is 1. The molecule has 42 heavy (non-hydrogen) atoms. The number of nitrogens with zero attached hydrogens (tertiary/aromatic N) is 4. The van der Waals surface area contributed by atoms with Crippen molar-refractivity contribution in [3.8, 4) is 0 Å². The zero-order valence-electron chi connectivity index (χ0n) is 28.0. The summed E-state index contributed by atoms with van der Waals surface area (Å²) in [5.41, 5.74) is 7.85. The maximum Gasteiger partial charge on any atom is 0.410 e. The predicted molar refractivity (Wildman–Crippen MR) is 169 cm³/mol. The number of carbonyl (C=O) groups is 2. The number of methoxy groups -OCH3 is 1. The normalized spacial score (nSPS) is 20.0. The number of pyridine rings is 1. The minimum Gasteiger partial charge on any atom is -0.453 e. The zero-order chi connectivity index (χ0) is 31.4.